The molecule has 0 aromatic heterocycles. The fraction of sp³-hybridized carbons (Fsp3) is 0.759. The molecule has 0 aliphatic heterocycles. The van der Waals surface area contributed by atoms with E-state index < -0.39 is 0 Å². The zero-order valence-electron chi connectivity index (χ0n) is 20.8. The van der Waals surface area contributed by atoms with E-state index in [0.29, 0.717) is 10.8 Å². The topological polar surface area (TPSA) is 41.1 Å². The minimum absolute atomic E-state index is 0.0719. The molecule has 0 spiro atoms. The first-order valence-corrected chi connectivity index (χ1v) is 14.6. The maximum absolute atomic E-state index is 12.2. The van der Waals surface area contributed by atoms with Gasteiger partial charge < -0.3 is 5.32 Å². The van der Waals surface area contributed by atoms with Gasteiger partial charge in [-0.25, -0.2) is 4.79 Å². The number of hydrogen-bond acceptors (Lipinski definition) is 2. The summed E-state index contributed by atoms with van der Waals surface area (Å²) < 4.78 is 2.90. The second-order valence-corrected chi connectivity index (χ2v) is 13.0. The predicted octanol–water partition coefficient (Wildman–Crippen LogP) is 7.82. The van der Waals surface area contributed by atoms with Gasteiger partial charge in [-0.1, -0.05) is 44.9 Å². The Balaban J connectivity index is 1.10. The molecule has 4 aliphatic carbocycles. The summed E-state index contributed by atoms with van der Waals surface area (Å²) in [4.78, 5) is 13.2. The lowest BCUT2D eigenvalue weighted by Crippen LogP contribution is -2.52. The number of urea groups is 1. The number of fused-ring (bicyclic) bond motifs is 5. The van der Waals surface area contributed by atoms with Gasteiger partial charge in [-0.2, -0.15) is 0 Å². The van der Waals surface area contributed by atoms with Crippen LogP contribution in [0.3, 0.4) is 0 Å². The van der Waals surface area contributed by atoms with Gasteiger partial charge in [0.05, 0.1) is 0 Å². The van der Waals surface area contributed by atoms with E-state index >= 15 is 0 Å². The highest BCUT2D eigenvalue weighted by atomic mass is 32.2. The van der Waals surface area contributed by atoms with Gasteiger partial charge in [-0.3, -0.25) is 4.72 Å². The number of carbonyl (C=O) groups excluding carboxylic acids is 1. The molecular weight excluding hydrogens is 424 g/mol. The molecule has 4 aliphatic rings. The van der Waals surface area contributed by atoms with Crippen LogP contribution in [0, 0.1) is 40.4 Å². The minimum Gasteiger partial charge on any atom is -0.337 e. The summed E-state index contributed by atoms with van der Waals surface area (Å²) in [6.45, 7) is 6.12. The maximum Gasteiger partial charge on any atom is 0.325 e. The Bertz CT molecular complexity index is 815. The molecule has 1 aromatic carbocycles. The van der Waals surface area contributed by atoms with Crippen LogP contribution < -0.4 is 10.0 Å². The number of benzene rings is 1. The van der Waals surface area contributed by atoms with E-state index in [0.717, 1.165) is 47.5 Å². The van der Waals surface area contributed by atoms with Gasteiger partial charge in [0, 0.05) is 11.4 Å². The SMILES string of the molecule is CC12CCCCC1CCC1C2CCC2(C)C(CCCNC(=O)NSc3ccccc3)CCC12. The lowest BCUT2D eigenvalue weighted by atomic mass is 9.45. The van der Waals surface area contributed by atoms with Crippen LogP contribution in [0.15, 0.2) is 35.2 Å². The summed E-state index contributed by atoms with van der Waals surface area (Å²) in [6, 6.07) is 9.93. The van der Waals surface area contributed by atoms with Crippen molar-refractivity contribution in [3.63, 3.8) is 0 Å². The molecule has 2 amide bonds. The lowest BCUT2D eigenvalue weighted by Gasteiger charge is -2.60. The number of hydrogen-bond donors (Lipinski definition) is 2. The van der Waals surface area contributed by atoms with Crippen LogP contribution in [-0.4, -0.2) is 12.6 Å². The Morgan fingerprint density at radius 3 is 2.61 bits per heavy atom. The number of nitrogens with one attached hydrogen (secondary N) is 2. The fourth-order valence-corrected chi connectivity index (χ4v) is 9.63. The summed E-state index contributed by atoms with van der Waals surface area (Å²) in [5, 5.41) is 3.07. The van der Waals surface area contributed by atoms with Crippen molar-refractivity contribution in [2.45, 2.75) is 95.8 Å². The van der Waals surface area contributed by atoms with Crippen molar-refractivity contribution in [1.82, 2.24) is 10.0 Å². The van der Waals surface area contributed by atoms with Crippen molar-refractivity contribution >= 4 is 18.0 Å². The molecule has 0 heterocycles. The van der Waals surface area contributed by atoms with Gasteiger partial charge in [0.1, 0.15) is 0 Å². The maximum atomic E-state index is 12.2. The molecule has 4 fully saturated rings. The van der Waals surface area contributed by atoms with Gasteiger partial charge >= 0.3 is 6.03 Å². The monoisotopic (exact) mass is 468 g/mol. The van der Waals surface area contributed by atoms with Crippen molar-refractivity contribution in [2.75, 3.05) is 6.54 Å². The Morgan fingerprint density at radius 2 is 1.76 bits per heavy atom. The van der Waals surface area contributed by atoms with Gasteiger partial charge in [-0.15, -0.1) is 0 Å². The van der Waals surface area contributed by atoms with Crippen LogP contribution in [-0.2, 0) is 0 Å². The summed E-state index contributed by atoms with van der Waals surface area (Å²) in [5.41, 5.74) is 1.19. The zero-order valence-corrected chi connectivity index (χ0v) is 21.6. The third-order valence-corrected chi connectivity index (χ3v) is 11.6. The van der Waals surface area contributed by atoms with E-state index in [2.05, 4.69) is 23.9 Å². The predicted molar refractivity (Wildman–Crippen MR) is 138 cm³/mol. The summed E-state index contributed by atoms with van der Waals surface area (Å²) >= 11 is 1.38. The van der Waals surface area contributed by atoms with E-state index in [4.69, 9.17) is 0 Å². The highest BCUT2D eigenvalue weighted by Crippen LogP contribution is 2.67. The minimum atomic E-state index is -0.0719. The van der Waals surface area contributed by atoms with Crippen LogP contribution in [0.1, 0.15) is 90.9 Å². The first-order valence-electron chi connectivity index (χ1n) is 13.8. The Kier molecular flexibility index (Phi) is 7.03. The van der Waals surface area contributed by atoms with E-state index in [9.17, 15) is 4.79 Å². The molecule has 4 heteroatoms. The highest BCUT2D eigenvalue weighted by molar-refractivity contribution is 7.98. The van der Waals surface area contributed by atoms with Crippen molar-refractivity contribution in [3.8, 4) is 0 Å². The largest absolute Gasteiger partial charge is 0.337 e. The van der Waals surface area contributed by atoms with Crippen molar-refractivity contribution in [3.05, 3.63) is 30.3 Å². The van der Waals surface area contributed by atoms with Crippen LogP contribution in [0.5, 0.6) is 0 Å². The molecule has 7 unspecified atom stereocenters. The van der Waals surface area contributed by atoms with E-state index in [1.165, 1.54) is 82.6 Å². The molecule has 2 N–H and O–H groups in total. The Hall–Kier alpha value is -1.16. The average molecular weight is 469 g/mol. The summed E-state index contributed by atoms with van der Waals surface area (Å²) in [6.07, 6.45) is 17.2. The van der Waals surface area contributed by atoms with E-state index in [-0.39, 0.29) is 6.03 Å². The normalized spacial score (nSPS) is 39.8. The van der Waals surface area contributed by atoms with Crippen LogP contribution >= 0.6 is 11.9 Å². The molecule has 0 radical (unpaired) electrons. The molecule has 0 saturated heterocycles. The van der Waals surface area contributed by atoms with Gasteiger partial charge in [0.25, 0.3) is 0 Å². The van der Waals surface area contributed by atoms with E-state index in [1.807, 2.05) is 30.3 Å². The second-order valence-electron chi connectivity index (χ2n) is 12.1. The smallest absolute Gasteiger partial charge is 0.325 e. The molecule has 7 atom stereocenters. The molecule has 3 nitrogen and oxygen atoms in total. The first kappa shape index (κ1) is 23.6. The van der Waals surface area contributed by atoms with Crippen molar-refractivity contribution < 1.29 is 4.79 Å². The molecule has 33 heavy (non-hydrogen) atoms. The first-order chi connectivity index (χ1) is 16.0. The molecule has 1 aromatic rings. The second kappa shape index (κ2) is 9.84. The van der Waals surface area contributed by atoms with Gasteiger partial charge in [0.15, 0.2) is 0 Å². The van der Waals surface area contributed by atoms with Crippen LogP contribution in [0.2, 0.25) is 0 Å². The zero-order chi connectivity index (χ0) is 22.9. The average Bonchev–Trinajstić information content (AvgIpc) is 3.17. The molecule has 182 valence electrons. The number of rotatable bonds is 6. The fourth-order valence-electron chi connectivity index (χ4n) is 9.06. The van der Waals surface area contributed by atoms with Crippen LogP contribution in [0.4, 0.5) is 4.79 Å². The van der Waals surface area contributed by atoms with Gasteiger partial charge in [0.2, 0.25) is 0 Å². The third kappa shape index (κ3) is 4.58. The molecule has 5 rings (SSSR count). The molecule has 0 bridgehead atoms. The summed E-state index contributed by atoms with van der Waals surface area (Å²) in [7, 11) is 0. The van der Waals surface area contributed by atoms with Crippen molar-refractivity contribution in [1.29, 1.82) is 0 Å². The standard InChI is InChI=1S/C29H44N2OS/c1-28-18-7-6-9-21(28)13-15-24-25-16-14-22(29(25,2)19-17-26(24)28)10-8-20-30-27(32)31-33-23-11-4-3-5-12-23/h3-5,11-12,21-22,24-26H,6-10,13-20H2,1-2H3,(H2,30,31,32). The molecular formula is C29H44N2OS. The quantitative estimate of drug-likeness (QED) is 0.330. The Labute approximate surface area is 205 Å². The van der Waals surface area contributed by atoms with Crippen LogP contribution in [0.25, 0.3) is 0 Å². The third-order valence-electron chi connectivity index (χ3n) is 10.8. The number of amides is 2. The van der Waals surface area contributed by atoms with Gasteiger partial charge in [-0.05, 0) is 129 Å². The van der Waals surface area contributed by atoms with E-state index in [1.54, 1.807) is 0 Å². The van der Waals surface area contributed by atoms with Crippen molar-refractivity contribution in [2.24, 2.45) is 40.4 Å². The summed E-state index contributed by atoms with van der Waals surface area (Å²) in [5.74, 6) is 4.82. The molecule has 4 saturated carbocycles. The Morgan fingerprint density at radius 1 is 0.939 bits per heavy atom. The highest BCUT2D eigenvalue weighted by Gasteiger charge is 2.59. The number of carbonyl (C=O) groups is 1. The lowest BCUT2D eigenvalue weighted by molar-refractivity contribution is -0.111.